The van der Waals surface area contributed by atoms with Gasteiger partial charge in [-0.25, -0.2) is 4.98 Å². The summed E-state index contributed by atoms with van der Waals surface area (Å²) in [5.74, 6) is 1.14. The Balaban J connectivity index is 1.25. The van der Waals surface area contributed by atoms with E-state index in [1.807, 2.05) is 0 Å². The number of allylic oxidation sites excluding steroid dienone is 1. The molecule has 5 rings (SSSR count). The first kappa shape index (κ1) is 20.7. The topological polar surface area (TPSA) is 22.6 Å². The Hall–Kier alpha value is -2.17. The van der Waals surface area contributed by atoms with Crippen LogP contribution in [0.3, 0.4) is 0 Å². The molecule has 2 fully saturated rings. The number of fused-ring (bicyclic) bond motifs is 1. The molecule has 0 amide bonds. The van der Waals surface area contributed by atoms with Crippen molar-refractivity contribution >= 4 is 11.4 Å². The van der Waals surface area contributed by atoms with Gasteiger partial charge in [0.15, 0.2) is 0 Å². The van der Waals surface area contributed by atoms with Crippen molar-refractivity contribution in [2.24, 2.45) is 0 Å². The average Bonchev–Trinajstić information content (AvgIpc) is 3.08. The minimum atomic E-state index is 0.681. The third-order valence-electron chi connectivity index (χ3n) is 7.44. The van der Waals surface area contributed by atoms with Gasteiger partial charge in [-0.3, -0.25) is 4.90 Å². The summed E-state index contributed by atoms with van der Waals surface area (Å²) in [4.78, 5) is 13.0. The molecule has 2 aromatic rings. The molecule has 0 saturated carbocycles. The summed E-state index contributed by atoms with van der Waals surface area (Å²) >= 11 is 0. The fourth-order valence-corrected chi connectivity index (χ4v) is 5.57. The zero-order valence-electron chi connectivity index (χ0n) is 19.1. The molecule has 0 atom stereocenters. The van der Waals surface area contributed by atoms with Gasteiger partial charge in [0.2, 0.25) is 0 Å². The first-order valence-electron chi connectivity index (χ1n) is 12.2. The molecule has 4 heteroatoms. The zero-order chi connectivity index (χ0) is 21.2. The molecule has 0 radical (unpaired) electrons. The summed E-state index contributed by atoms with van der Waals surface area (Å²) in [5.41, 5.74) is 5.18. The Labute approximate surface area is 187 Å². The fourth-order valence-electron chi connectivity index (χ4n) is 5.57. The van der Waals surface area contributed by atoms with Crippen molar-refractivity contribution in [3.05, 3.63) is 65.4 Å². The second kappa shape index (κ2) is 9.13. The van der Waals surface area contributed by atoms with Crippen LogP contribution in [0.2, 0.25) is 0 Å². The molecular formula is C27H36N4. The standard InChI is InChI=1S/C27H36N4/c1-21(2)29-17-13-23(14-18-29)30-15-6-16-31(20-19-30)27-10-5-9-26(28-27)25-12-11-22-7-3-4-8-24(22)25/h3-5,7-10,12,21,23H,6,11,13-20H2,1-2H3. The quantitative estimate of drug-likeness (QED) is 0.734. The van der Waals surface area contributed by atoms with Crippen LogP contribution >= 0.6 is 0 Å². The summed E-state index contributed by atoms with van der Waals surface area (Å²) in [6, 6.07) is 16.7. The highest BCUT2D eigenvalue weighted by atomic mass is 15.3. The van der Waals surface area contributed by atoms with Gasteiger partial charge in [-0.15, -0.1) is 0 Å². The van der Waals surface area contributed by atoms with Gasteiger partial charge in [0.25, 0.3) is 0 Å². The van der Waals surface area contributed by atoms with Crippen molar-refractivity contribution in [2.45, 2.75) is 51.6 Å². The van der Waals surface area contributed by atoms with Gasteiger partial charge in [0.1, 0.15) is 5.82 Å². The van der Waals surface area contributed by atoms with E-state index >= 15 is 0 Å². The van der Waals surface area contributed by atoms with E-state index in [-0.39, 0.29) is 0 Å². The number of benzene rings is 1. The molecule has 0 spiro atoms. The summed E-state index contributed by atoms with van der Waals surface area (Å²) in [6.45, 7) is 11.7. The number of hydrogen-bond donors (Lipinski definition) is 0. The van der Waals surface area contributed by atoms with Crippen LogP contribution in [0.25, 0.3) is 5.57 Å². The molecule has 2 saturated heterocycles. The highest BCUT2D eigenvalue weighted by molar-refractivity contribution is 5.83. The number of anilines is 1. The molecule has 3 aliphatic rings. The Morgan fingerprint density at radius 2 is 1.71 bits per heavy atom. The molecular weight excluding hydrogens is 380 g/mol. The number of rotatable bonds is 4. The smallest absolute Gasteiger partial charge is 0.129 e. The maximum atomic E-state index is 5.12. The van der Waals surface area contributed by atoms with E-state index < -0.39 is 0 Å². The number of pyridine rings is 1. The third-order valence-corrected chi connectivity index (χ3v) is 7.44. The lowest BCUT2D eigenvalue weighted by molar-refractivity contribution is 0.0965. The summed E-state index contributed by atoms with van der Waals surface area (Å²) in [6.07, 6.45) is 7.22. The number of likely N-dealkylation sites (tertiary alicyclic amines) is 1. The molecule has 0 bridgehead atoms. The van der Waals surface area contributed by atoms with Crippen LogP contribution in [-0.2, 0) is 6.42 Å². The predicted molar refractivity (Wildman–Crippen MR) is 130 cm³/mol. The van der Waals surface area contributed by atoms with Gasteiger partial charge >= 0.3 is 0 Å². The third kappa shape index (κ3) is 4.42. The van der Waals surface area contributed by atoms with Crippen molar-refractivity contribution in [1.29, 1.82) is 0 Å². The second-order valence-corrected chi connectivity index (χ2v) is 9.60. The van der Waals surface area contributed by atoms with Gasteiger partial charge in [-0.05, 0) is 75.9 Å². The van der Waals surface area contributed by atoms with E-state index in [1.165, 1.54) is 55.6 Å². The molecule has 164 valence electrons. The summed E-state index contributed by atoms with van der Waals surface area (Å²) in [5, 5.41) is 0. The summed E-state index contributed by atoms with van der Waals surface area (Å²) in [7, 11) is 0. The Morgan fingerprint density at radius 3 is 2.55 bits per heavy atom. The van der Waals surface area contributed by atoms with E-state index in [0.29, 0.717) is 6.04 Å². The monoisotopic (exact) mass is 416 g/mol. The van der Waals surface area contributed by atoms with Crippen LogP contribution in [0, 0.1) is 0 Å². The Morgan fingerprint density at radius 1 is 0.871 bits per heavy atom. The molecule has 4 nitrogen and oxygen atoms in total. The normalized spacial score (nSPS) is 21.3. The van der Waals surface area contributed by atoms with E-state index in [2.05, 4.69) is 77.1 Å². The van der Waals surface area contributed by atoms with Gasteiger partial charge in [-0.2, -0.15) is 0 Å². The second-order valence-electron chi connectivity index (χ2n) is 9.60. The number of hydrogen-bond acceptors (Lipinski definition) is 4. The van der Waals surface area contributed by atoms with Crippen molar-refractivity contribution in [3.8, 4) is 0 Å². The number of aromatic nitrogens is 1. The lowest BCUT2D eigenvalue weighted by Crippen LogP contribution is -2.47. The lowest BCUT2D eigenvalue weighted by atomic mass is 10.0. The average molecular weight is 417 g/mol. The molecule has 0 unspecified atom stereocenters. The molecule has 1 aromatic heterocycles. The van der Waals surface area contributed by atoms with Gasteiger partial charge in [0, 0.05) is 43.8 Å². The minimum Gasteiger partial charge on any atom is -0.355 e. The first-order chi connectivity index (χ1) is 15.2. The van der Waals surface area contributed by atoms with Crippen LogP contribution < -0.4 is 4.90 Å². The largest absolute Gasteiger partial charge is 0.355 e. The van der Waals surface area contributed by atoms with Gasteiger partial charge in [0.05, 0.1) is 5.69 Å². The summed E-state index contributed by atoms with van der Waals surface area (Å²) < 4.78 is 0. The zero-order valence-corrected chi connectivity index (χ0v) is 19.1. The maximum Gasteiger partial charge on any atom is 0.129 e. The van der Waals surface area contributed by atoms with E-state index in [4.69, 9.17) is 4.98 Å². The Bertz CT molecular complexity index is 926. The van der Waals surface area contributed by atoms with Crippen LogP contribution in [0.4, 0.5) is 5.82 Å². The van der Waals surface area contributed by atoms with Crippen molar-refractivity contribution < 1.29 is 0 Å². The Kier molecular flexibility index (Phi) is 6.10. The molecule has 31 heavy (non-hydrogen) atoms. The maximum absolute atomic E-state index is 5.12. The first-order valence-corrected chi connectivity index (χ1v) is 12.2. The molecule has 2 aliphatic heterocycles. The van der Waals surface area contributed by atoms with E-state index in [9.17, 15) is 0 Å². The SMILES string of the molecule is CC(C)N1CCC(N2CCCN(c3cccc(C4=CCc5ccccc54)n3)CC2)CC1. The van der Waals surface area contributed by atoms with Crippen molar-refractivity contribution in [1.82, 2.24) is 14.8 Å². The molecule has 3 heterocycles. The molecule has 1 aliphatic carbocycles. The predicted octanol–water partition coefficient (Wildman–Crippen LogP) is 4.45. The van der Waals surface area contributed by atoms with Crippen molar-refractivity contribution in [3.63, 3.8) is 0 Å². The van der Waals surface area contributed by atoms with E-state index in [0.717, 1.165) is 43.6 Å². The van der Waals surface area contributed by atoms with Gasteiger partial charge < -0.3 is 9.80 Å². The highest BCUT2D eigenvalue weighted by Gasteiger charge is 2.27. The fraction of sp³-hybridized carbons (Fsp3) is 0.519. The molecule has 0 N–H and O–H groups in total. The van der Waals surface area contributed by atoms with Crippen LogP contribution in [0.5, 0.6) is 0 Å². The lowest BCUT2D eigenvalue weighted by Gasteiger charge is -2.39. The van der Waals surface area contributed by atoms with Crippen molar-refractivity contribution in [2.75, 3.05) is 44.2 Å². The van der Waals surface area contributed by atoms with E-state index in [1.54, 1.807) is 0 Å². The number of nitrogens with zero attached hydrogens (tertiary/aromatic N) is 4. The van der Waals surface area contributed by atoms with Crippen LogP contribution in [0.15, 0.2) is 48.5 Å². The van der Waals surface area contributed by atoms with Crippen LogP contribution in [0.1, 0.15) is 49.9 Å². The van der Waals surface area contributed by atoms with Gasteiger partial charge in [-0.1, -0.05) is 36.4 Å². The number of piperidine rings is 1. The minimum absolute atomic E-state index is 0.681. The molecule has 1 aromatic carbocycles. The van der Waals surface area contributed by atoms with Crippen LogP contribution in [-0.4, -0.2) is 66.1 Å². The highest BCUT2D eigenvalue weighted by Crippen LogP contribution is 2.32.